The molecular weight excluding hydrogens is 320 g/mol. The van der Waals surface area contributed by atoms with Crippen molar-refractivity contribution in [2.45, 2.75) is 31.8 Å². The van der Waals surface area contributed by atoms with Gasteiger partial charge in [0.1, 0.15) is 0 Å². The predicted molar refractivity (Wildman–Crippen MR) is 88.5 cm³/mol. The Bertz CT molecular complexity index is 692. The summed E-state index contributed by atoms with van der Waals surface area (Å²) in [4.78, 5) is 4.28. The molecule has 1 atom stereocenters. The van der Waals surface area contributed by atoms with Gasteiger partial charge in [0, 0.05) is 11.6 Å². The third-order valence-electron chi connectivity index (χ3n) is 3.30. The molecule has 0 saturated carbocycles. The van der Waals surface area contributed by atoms with E-state index in [4.69, 9.17) is 0 Å². The Labute approximate surface area is 135 Å². The van der Waals surface area contributed by atoms with E-state index in [1.165, 1.54) is 15.6 Å². The van der Waals surface area contributed by atoms with Crippen LogP contribution in [0.4, 0.5) is 5.13 Å². The Morgan fingerprint density at radius 1 is 1.27 bits per heavy atom. The summed E-state index contributed by atoms with van der Waals surface area (Å²) < 4.78 is 26.9. The molecule has 120 valence electrons. The van der Waals surface area contributed by atoms with E-state index in [0.717, 1.165) is 0 Å². The lowest BCUT2D eigenvalue weighted by atomic mass is 9.89. The van der Waals surface area contributed by atoms with E-state index >= 15 is 0 Å². The molecule has 2 aromatic rings. The highest BCUT2D eigenvalue weighted by Crippen LogP contribution is 2.28. The second-order valence-corrected chi connectivity index (χ2v) is 8.78. The maximum atomic E-state index is 12.9. The summed E-state index contributed by atoms with van der Waals surface area (Å²) in [6.07, 6.45) is 0.742. The molecule has 0 amide bonds. The molecule has 0 aliphatic heterocycles. The molecule has 5 nitrogen and oxygen atoms in total. The summed E-state index contributed by atoms with van der Waals surface area (Å²) in [6, 6.07) is 8.19. The number of aliphatic hydroxyl groups excluding tert-OH is 1. The summed E-state index contributed by atoms with van der Waals surface area (Å²) in [5, 5.41) is 12.4. The molecule has 0 fully saturated rings. The van der Waals surface area contributed by atoms with Crippen LogP contribution in [-0.4, -0.2) is 31.2 Å². The minimum atomic E-state index is -3.76. The van der Waals surface area contributed by atoms with Crippen LogP contribution in [0.2, 0.25) is 0 Å². The summed E-state index contributed by atoms with van der Waals surface area (Å²) in [5.74, 6) is 0. The molecule has 7 heteroatoms. The minimum Gasteiger partial charge on any atom is -0.391 e. The molecule has 0 aliphatic carbocycles. The van der Waals surface area contributed by atoms with Crippen LogP contribution in [0.5, 0.6) is 0 Å². The number of hydrogen-bond acceptors (Lipinski definition) is 5. The first kappa shape index (κ1) is 16.9. The van der Waals surface area contributed by atoms with Crippen LogP contribution in [0, 0.1) is 5.41 Å². The first-order valence-electron chi connectivity index (χ1n) is 6.88. The number of aliphatic hydroxyl groups is 1. The number of anilines is 1. The minimum absolute atomic E-state index is 0.0335. The number of sulfonamides is 1. The molecule has 0 radical (unpaired) electrons. The van der Waals surface area contributed by atoms with Crippen molar-refractivity contribution in [2.75, 3.05) is 10.8 Å². The number of benzene rings is 1. The lowest BCUT2D eigenvalue weighted by Gasteiger charge is -2.31. The third-order valence-corrected chi connectivity index (χ3v) is 5.98. The van der Waals surface area contributed by atoms with E-state index in [0.29, 0.717) is 5.13 Å². The SMILES string of the molecule is CC(C)(C)[C@@H](O)CN(c1nccs1)S(=O)(=O)c1ccccc1. The summed E-state index contributed by atoms with van der Waals surface area (Å²) >= 11 is 1.23. The standard InChI is InChI=1S/C15H20N2O3S2/c1-15(2,3)13(18)11-17(14-16-9-10-21-14)22(19,20)12-7-5-4-6-8-12/h4-10,13,18H,11H2,1-3H3/t13-/m0/s1. The fourth-order valence-electron chi connectivity index (χ4n) is 1.77. The Hall–Kier alpha value is -1.44. The highest BCUT2D eigenvalue weighted by molar-refractivity contribution is 7.93. The predicted octanol–water partition coefficient (Wildman–Crippen LogP) is 2.75. The Kier molecular flexibility index (Phi) is 4.89. The van der Waals surface area contributed by atoms with Crippen molar-refractivity contribution in [3.63, 3.8) is 0 Å². The smallest absolute Gasteiger partial charge is 0.266 e. The van der Waals surface area contributed by atoms with Crippen LogP contribution in [0.1, 0.15) is 20.8 Å². The monoisotopic (exact) mass is 340 g/mol. The lowest BCUT2D eigenvalue weighted by Crippen LogP contribution is -2.42. The number of hydrogen-bond donors (Lipinski definition) is 1. The summed E-state index contributed by atoms with van der Waals surface area (Å²) in [6.45, 7) is 5.57. The molecule has 0 bridgehead atoms. The first-order valence-corrected chi connectivity index (χ1v) is 9.20. The normalized spacial score (nSPS) is 13.8. The fourth-order valence-corrected chi connectivity index (χ4v) is 4.10. The van der Waals surface area contributed by atoms with E-state index in [1.54, 1.807) is 41.9 Å². The Morgan fingerprint density at radius 3 is 2.41 bits per heavy atom. The number of aromatic nitrogens is 1. The molecule has 22 heavy (non-hydrogen) atoms. The van der Waals surface area contributed by atoms with Crippen LogP contribution < -0.4 is 4.31 Å². The van der Waals surface area contributed by atoms with Gasteiger partial charge >= 0.3 is 0 Å². The van der Waals surface area contributed by atoms with E-state index in [-0.39, 0.29) is 11.4 Å². The van der Waals surface area contributed by atoms with Crippen molar-refractivity contribution < 1.29 is 13.5 Å². The molecule has 0 aliphatic rings. The fraction of sp³-hybridized carbons (Fsp3) is 0.400. The molecule has 2 rings (SSSR count). The average Bonchev–Trinajstić information content (AvgIpc) is 2.98. The van der Waals surface area contributed by atoms with Crippen molar-refractivity contribution in [1.82, 2.24) is 4.98 Å². The zero-order chi connectivity index (χ0) is 16.4. The number of rotatable bonds is 5. The topological polar surface area (TPSA) is 70.5 Å². The van der Waals surface area contributed by atoms with Gasteiger partial charge in [0.25, 0.3) is 10.0 Å². The van der Waals surface area contributed by atoms with Crippen LogP contribution in [0.3, 0.4) is 0 Å². The summed E-state index contributed by atoms with van der Waals surface area (Å²) in [5.41, 5.74) is -0.429. The van der Waals surface area contributed by atoms with E-state index in [1.807, 2.05) is 20.8 Å². The van der Waals surface area contributed by atoms with Gasteiger partial charge in [-0.1, -0.05) is 39.0 Å². The van der Waals surface area contributed by atoms with Crippen LogP contribution >= 0.6 is 11.3 Å². The maximum Gasteiger partial charge on any atom is 0.266 e. The molecule has 1 N–H and O–H groups in total. The molecule has 1 aromatic heterocycles. The molecule has 0 saturated heterocycles. The molecule has 0 spiro atoms. The zero-order valence-electron chi connectivity index (χ0n) is 12.8. The van der Waals surface area contributed by atoms with E-state index < -0.39 is 21.5 Å². The van der Waals surface area contributed by atoms with Crippen LogP contribution in [-0.2, 0) is 10.0 Å². The average molecular weight is 340 g/mol. The van der Waals surface area contributed by atoms with Crippen molar-refractivity contribution in [3.05, 3.63) is 41.9 Å². The first-order chi connectivity index (χ1) is 10.2. The lowest BCUT2D eigenvalue weighted by molar-refractivity contribution is 0.0718. The van der Waals surface area contributed by atoms with Gasteiger partial charge < -0.3 is 5.11 Å². The molecule has 1 aromatic carbocycles. The van der Waals surface area contributed by atoms with Crippen molar-refractivity contribution in [2.24, 2.45) is 5.41 Å². The van der Waals surface area contributed by atoms with Crippen molar-refractivity contribution >= 4 is 26.5 Å². The van der Waals surface area contributed by atoms with Gasteiger partial charge in [0.05, 0.1) is 17.5 Å². The van der Waals surface area contributed by atoms with Gasteiger partial charge in [0.15, 0.2) is 5.13 Å². The number of nitrogens with zero attached hydrogens (tertiary/aromatic N) is 2. The van der Waals surface area contributed by atoms with E-state index in [9.17, 15) is 13.5 Å². The Balaban J connectivity index is 2.42. The zero-order valence-corrected chi connectivity index (χ0v) is 14.4. The molecule has 1 heterocycles. The maximum absolute atomic E-state index is 12.9. The van der Waals surface area contributed by atoms with E-state index in [2.05, 4.69) is 4.98 Å². The van der Waals surface area contributed by atoms with Gasteiger partial charge in [-0.15, -0.1) is 11.3 Å². The van der Waals surface area contributed by atoms with Gasteiger partial charge in [0.2, 0.25) is 0 Å². The van der Waals surface area contributed by atoms with Gasteiger partial charge in [-0.2, -0.15) is 0 Å². The molecule has 0 unspecified atom stereocenters. The second kappa shape index (κ2) is 6.36. The molecular formula is C15H20N2O3S2. The third kappa shape index (κ3) is 3.66. The largest absolute Gasteiger partial charge is 0.391 e. The highest BCUT2D eigenvalue weighted by atomic mass is 32.2. The highest BCUT2D eigenvalue weighted by Gasteiger charge is 2.32. The number of thiazole rings is 1. The van der Waals surface area contributed by atoms with Crippen LogP contribution in [0.15, 0.2) is 46.8 Å². The second-order valence-electron chi connectivity index (χ2n) is 6.05. The van der Waals surface area contributed by atoms with Crippen LogP contribution in [0.25, 0.3) is 0 Å². The van der Waals surface area contributed by atoms with Gasteiger partial charge in [-0.25, -0.2) is 17.7 Å². The van der Waals surface area contributed by atoms with Crippen molar-refractivity contribution in [1.29, 1.82) is 0 Å². The quantitative estimate of drug-likeness (QED) is 0.908. The van der Waals surface area contributed by atoms with Crippen molar-refractivity contribution in [3.8, 4) is 0 Å². The summed E-state index contributed by atoms with van der Waals surface area (Å²) in [7, 11) is -3.76. The Morgan fingerprint density at radius 2 is 1.91 bits per heavy atom. The van der Waals surface area contributed by atoms with Gasteiger partial charge in [-0.3, -0.25) is 0 Å². The van der Waals surface area contributed by atoms with Gasteiger partial charge in [-0.05, 0) is 17.5 Å².